The van der Waals surface area contributed by atoms with E-state index in [9.17, 15) is 4.79 Å². The van der Waals surface area contributed by atoms with E-state index in [1.807, 2.05) is 0 Å². The molecule has 6 heteroatoms. The molecule has 1 atom stereocenters. The predicted molar refractivity (Wildman–Crippen MR) is 26.9 cm³/mol. The molecule has 0 bridgehead atoms. The molecule has 0 aliphatic rings. The molecule has 0 aliphatic carbocycles. The number of hydrogen-bond acceptors (Lipinski definition) is 2. The Morgan fingerprint density at radius 3 is 2.22 bits per heavy atom. The van der Waals surface area contributed by atoms with Crippen molar-refractivity contribution in [1.29, 1.82) is 0 Å². The van der Waals surface area contributed by atoms with Gasteiger partial charge in [-0.05, 0) is 0 Å². The lowest BCUT2D eigenvalue weighted by atomic mass is 10.3. The predicted octanol–water partition coefficient (Wildman–Crippen LogP) is -1.42. The molecular formula is C3H5N3O3. The van der Waals surface area contributed by atoms with Gasteiger partial charge < -0.3 is 21.5 Å². The number of carboxylic acids is 1. The average molecular weight is 131 g/mol. The molecular weight excluding hydrogens is 126 g/mol. The van der Waals surface area contributed by atoms with Gasteiger partial charge in [-0.2, -0.15) is 0 Å². The van der Waals surface area contributed by atoms with Crippen molar-refractivity contribution in [1.82, 2.24) is 0 Å². The number of nitrogens with two attached hydrogens (primary N) is 1. The molecule has 6 nitrogen and oxygen atoms in total. The topological polar surface area (TPSA) is 120 Å². The molecule has 4 N–H and O–H groups in total. The van der Waals surface area contributed by atoms with E-state index >= 15 is 0 Å². The Morgan fingerprint density at radius 1 is 1.67 bits per heavy atom. The molecule has 50 valence electrons. The highest BCUT2D eigenvalue weighted by molar-refractivity contribution is 5.97. The number of aliphatic hydroxyl groups excluding tert-OH is 1. The number of aliphatic carboxylic acids is 1. The van der Waals surface area contributed by atoms with Crippen LogP contribution in [0.4, 0.5) is 0 Å². The molecule has 0 rings (SSSR count). The van der Waals surface area contributed by atoms with Crippen molar-refractivity contribution in [2.24, 2.45) is 5.73 Å². The maximum Gasteiger partial charge on any atom is 0.476 e. The minimum atomic E-state index is -1.64. The van der Waals surface area contributed by atoms with Crippen LogP contribution in [0.25, 0.3) is 5.53 Å². The first-order chi connectivity index (χ1) is 4.09. The lowest BCUT2D eigenvalue weighted by Gasteiger charge is -1.91. The normalized spacial score (nSPS) is 11.7. The summed E-state index contributed by atoms with van der Waals surface area (Å²) in [6, 6.07) is -1.64. The summed E-state index contributed by atoms with van der Waals surface area (Å²) in [5.74, 6) is -2.46. The number of hydrogen-bond donors (Lipinski definition) is 3. The Bertz CT molecular complexity index is 171. The summed E-state index contributed by atoms with van der Waals surface area (Å²) in [5.41, 5.74) is 12.5. The fourth-order valence-corrected chi connectivity index (χ4v) is 0.173. The fraction of sp³-hybridized carbons (Fsp3) is 0.333. The number of carbonyl (C=O) groups is 1. The van der Waals surface area contributed by atoms with E-state index in [2.05, 4.69) is 4.79 Å². The van der Waals surface area contributed by atoms with E-state index in [4.69, 9.17) is 21.5 Å². The fourth-order valence-electron chi connectivity index (χ4n) is 0.173. The van der Waals surface area contributed by atoms with Crippen LogP contribution < -0.4 is 5.73 Å². The Hall–Kier alpha value is -1.39. The molecule has 1 unspecified atom stereocenters. The SMILES string of the molecule is [N-]=[N+]=C(O)C(N)C(=O)O. The van der Waals surface area contributed by atoms with Crippen molar-refractivity contribution in [2.45, 2.75) is 6.04 Å². The summed E-state index contributed by atoms with van der Waals surface area (Å²) in [5, 5.41) is 16.3. The third-order valence-corrected chi connectivity index (χ3v) is 0.647. The number of aliphatic hydroxyl groups is 1. The maximum atomic E-state index is 9.82. The smallest absolute Gasteiger partial charge is 0.476 e. The molecule has 0 aromatic rings. The summed E-state index contributed by atoms with van der Waals surface area (Å²) in [4.78, 5) is 12.0. The molecule has 0 radical (unpaired) electrons. The minimum absolute atomic E-state index is 1.01. The van der Waals surface area contributed by atoms with E-state index in [0.29, 0.717) is 0 Å². The average Bonchev–Trinajstić information content (AvgIpc) is 1.84. The Kier molecular flexibility index (Phi) is 2.37. The third-order valence-electron chi connectivity index (χ3n) is 0.647. The lowest BCUT2D eigenvalue weighted by molar-refractivity contribution is -0.138. The Balaban J connectivity index is 4.21. The molecule has 0 fully saturated rings. The summed E-state index contributed by atoms with van der Waals surface area (Å²) in [6.45, 7) is 0. The number of rotatable bonds is 2. The van der Waals surface area contributed by atoms with Gasteiger partial charge in [0.25, 0.3) is 0 Å². The number of carboxylic acid groups (broad SMARTS) is 1. The third kappa shape index (κ3) is 1.89. The zero-order valence-electron chi connectivity index (χ0n) is 4.35. The second-order valence-corrected chi connectivity index (χ2v) is 1.27. The van der Waals surface area contributed by atoms with Gasteiger partial charge in [-0.25, -0.2) is 4.79 Å². The van der Waals surface area contributed by atoms with Crippen molar-refractivity contribution in [2.75, 3.05) is 0 Å². The molecule has 0 spiro atoms. The van der Waals surface area contributed by atoms with Crippen LogP contribution in [0.3, 0.4) is 0 Å². The summed E-state index contributed by atoms with van der Waals surface area (Å²) >= 11 is 0. The largest absolute Gasteiger partial charge is 0.480 e. The first-order valence-electron chi connectivity index (χ1n) is 1.99. The first-order valence-corrected chi connectivity index (χ1v) is 1.99. The molecule has 0 aliphatic heterocycles. The summed E-state index contributed by atoms with van der Waals surface area (Å²) in [7, 11) is 0. The van der Waals surface area contributed by atoms with E-state index < -0.39 is 17.9 Å². The van der Waals surface area contributed by atoms with Crippen molar-refractivity contribution >= 4 is 11.9 Å². The zero-order valence-corrected chi connectivity index (χ0v) is 4.35. The van der Waals surface area contributed by atoms with Crippen LogP contribution in [-0.4, -0.2) is 32.9 Å². The van der Waals surface area contributed by atoms with Crippen LogP contribution in [0.15, 0.2) is 0 Å². The van der Waals surface area contributed by atoms with Gasteiger partial charge in [0.2, 0.25) is 6.04 Å². The van der Waals surface area contributed by atoms with Crippen molar-refractivity contribution < 1.29 is 19.8 Å². The van der Waals surface area contributed by atoms with E-state index in [0.717, 1.165) is 0 Å². The quantitative estimate of drug-likeness (QED) is 0.184. The lowest BCUT2D eigenvalue weighted by Crippen LogP contribution is -2.38. The van der Waals surface area contributed by atoms with Crippen molar-refractivity contribution in [3.8, 4) is 0 Å². The molecule has 0 amide bonds. The van der Waals surface area contributed by atoms with Gasteiger partial charge in [0.05, 0.1) is 0 Å². The summed E-state index contributed by atoms with van der Waals surface area (Å²) < 4.78 is 0. The molecule has 0 aromatic carbocycles. The number of nitrogens with zero attached hydrogens (tertiary/aromatic N) is 2. The van der Waals surface area contributed by atoms with Gasteiger partial charge >= 0.3 is 11.9 Å². The van der Waals surface area contributed by atoms with Gasteiger partial charge in [-0.15, -0.1) is 4.79 Å². The van der Waals surface area contributed by atoms with Crippen LogP contribution >= 0.6 is 0 Å². The van der Waals surface area contributed by atoms with E-state index in [1.54, 1.807) is 0 Å². The van der Waals surface area contributed by atoms with Crippen LogP contribution in [0.2, 0.25) is 0 Å². The van der Waals surface area contributed by atoms with Crippen LogP contribution in [0.5, 0.6) is 0 Å². The Morgan fingerprint density at radius 2 is 2.11 bits per heavy atom. The second-order valence-electron chi connectivity index (χ2n) is 1.27. The highest BCUT2D eigenvalue weighted by Gasteiger charge is 2.25. The molecule has 9 heavy (non-hydrogen) atoms. The maximum absolute atomic E-state index is 9.82. The molecule has 0 aromatic heterocycles. The molecule has 0 saturated carbocycles. The first kappa shape index (κ1) is 7.61. The van der Waals surface area contributed by atoms with Crippen LogP contribution in [-0.2, 0) is 4.79 Å². The standard InChI is InChI=1S/C3H5N3O3/c4-1(3(8)9)2(7)6-5/h1,7H,4H2,(H,8,9). The van der Waals surface area contributed by atoms with E-state index in [-0.39, 0.29) is 0 Å². The van der Waals surface area contributed by atoms with Crippen molar-refractivity contribution in [3.63, 3.8) is 0 Å². The monoisotopic (exact) mass is 131 g/mol. The molecule has 0 heterocycles. The Labute approximate surface area is 50.1 Å². The van der Waals surface area contributed by atoms with Gasteiger partial charge in [-0.1, -0.05) is 0 Å². The van der Waals surface area contributed by atoms with E-state index in [1.165, 1.54) is 0 Å². The highest BCUT2D eigenvalue weighted by atomic mass is 16.4. The van der Waals surface area contributed by atoms with Gasteiger partial charge in [0.1, 0.15) is 0 Å². The van der Waals surface area contributed by atoms with Gasteiger partial charge in [0.15, 0.2) is 0 Å². The van der Waals surface area contributed by atoms with Gasteiger partial charge in [-0.3, -0.25) is 0 Å². The van der Waals surface area contributed by atoms with Gasteiger partial charge in [0, 0.05) is 0 Å². The van der Waals surface area contributed by atoms with Crippen molar-refractivity contribution in [3.05, 3.63) is 5.53 Å². The minimum Gasteiger partial charge on any atom is -0.480 e. The highest BCUT2D eigenvalue weighted by Crippen LogP contribution is 1.75. The zero-order chi connectivity index (χ0) is 7.44. The van der Waals surface area contributed by atoms with Crippen LogP contribution in [0, 0.1) is 0 Å². The van der Waals surface area contributed by atoms with Crippen LogP contribution in [0.1, 0.15) is 0 Å². The molecule has 0 saturated heterocycles. The second kappa shape index (κ2) is 2.81. The summed E-state index contributed by atoms with van der Waals surface area (Å²) in [6.07, 6.45) is 0.